The van der Waals surface area contributed by atoms with Gasteiger partial charge in [-0.1, -0.05) is 0 Å². The molecule has 2 rings (SSSR count). The molecule has 0 aromatic heterocycles. The maximum Gasteiger partial charge on any atom is 0.410 e. The van der Waals surface area contributed by atoms with Gasteiger partial charge in [0.15, 0.2) is 0 Å². The highest BCUT2D eigenvalue weighted by Gasteiger charge is 2.54. The predicted molar refractivity (Wildman–Crippen MR) is 76.4 cm³/mol. The van der Waals surface area contributed by atoms with Gasteiger partial charge in [-0.15, -0.1) is 0 Å². The number of hydrogen-bond donors (Lipinski definition) is 2. The molecule has 2 fully saturated rings. The van der Waals surface area contributed by atoms with Crippen molar-refractivity contribution in [2.24, 2.45) is 5.73 Å². The molecule has 0 aliphatic carbocycles. The zero-order valence-corrected chi connectivity index (χ0v) is 13.0. The number of rotatable bonds is 1. The lowest BCUT2D eigenvalue weighted by Crippen LogP contribution is -2.63. The SMILES string of the molecule is CN1CCC(O)(C2(N)CCN(C(=O)OC(C)(C)C)C2)C1. The van der Waals surface area contributed by atoms with Crippen molar-refractivity contribution in [2.75, 3.05) is 33.2 Å². The van der Waals surface area contributed by atoms with Gasteiger partial charge in [-0.3, -0.25) is 0 Å². The van der Waals surface area contributed by atoms with Gasteiger partial charge in [-0.25, -0.2) is 4.79 Å². The minimum atomic E-state index is -0.918. The van der Waals surface area contributed by atoms with Crippen LogP contribution in [0.15, 0.2) is 0 Å². The lowest BCUT2D eigenvalue weighted by atomic mass is 9.79. The summed E-state index contributed by atoms with van der Waals surface area (Å²) in [4.78, 5) is 15.8. The summed E-state index contributed by atoms with van der Waals surface area (Å²) in [5, 5.41) is 10.8. The van der Waals surface area contributed by atoms with Crippen molar-refractivity contribution in [3.8, 4) is 0 Å². The summed E-state index contributed by atoms with van der Waals surface area (Å²) in [6.07, 6.45) is 0.915. The average molecular weight is 285 g/mol. The van der Waals surface area contributed by atoms with Crippen LogP contribution in [0.4, 0.5) is 4.79 Å². The van der Waals surface area contributed by atoms with Crippen molar-refractivity contribution in [1.29, 1.82) is 0 Å². The molecule has 2 unspecified atom stereocenters. The number of hydrogen-bond acceptors (Lipinski definition) is 5. The molecule has 0 bridgehead atoms. The number of ether oxygens (including phenoxy) is 1. The second-order valence-corrected chi connectivity index (χ2v) is 7.33. The number of amides is 1. The molecule has 2 atom stereocenters. The summed E-state index contributed by atoms with van der Waals surface area (Å²) in [7, 11) is 1.97. The maximum absolute atomic E-state index is 12.1. The fourth-order valence-corrected chi connectivity index (χ4v) is 3.08. The van der Waals surface area contributed by atoms with Crippen molar-refractivity contribution >= 4 is 6.09 Å². The monoisotopic (exact) mass is 285 g/mol. The topological polar surface area (TPSA) is 79.0 Å². The van der Waals surface area contributed by atoms with E-state index in [2.05, 4.69) is 4.90 Å². The van der Waals surface area contributed by atoms with Crippen molar-refractivity contribution in [3.05, 3.63) is 0 Å². The smallest absolute Gasteiger partial charge is 0.410 e. The van der Waals surface area contributed by atoms with Crippen LogP contribution in [0.5, 0.6) is 0 Å². The number of likely N-dealkylation sites (tertiary alicyclic amines) is 2. The number of aliphatic hydroxyl groups is 1. The van der Waals surface area contributed by atoms with Crippen LogP contribution in [0.25, 0.3) is 0 Å². The minimum absolute atomic E-state index is 0.347. The van der Waals surface area contributed by atoms with Gasteiger partial charge in [0.1, 0.15) is 5.60 Å². The Kier molecular flexibility index (Phi) is 3.77. The first-order chi connectivity index (χ1) is 9.05. The molecular weight excluding hydrogens is 258 g/mol. The van der Waals surface area contributed by atoms with E-state index in [0.717, 1.165) is 6.54 Å². The van der Waals surface area contributed by atoms with E-state index in [1.165, 1.54) is 0 Å². The van der Waals surface area contributed by atoms with E-state index in [1.807, 2.05) is 27.8 Å². The number of carbonyl (C=O) groups is 1. The summed E-state index contributed by atoms with van der Waals surface area (Å²) in [5.41, 5.74) is 4.25. The molecular formula is C14H27N3O3. The van der Waals surface area contributed by atoms with Gasteiger partial charge in [0.25, 0.3) is 0 Å². The summed E-state index contributed by atoms with van der Waals surface area (Å²) in [5.74, 6) is 0. The first-order valence-electron chi connectivity index (χ1n) is 7.22. The van der Waals surface area contributed by atoms with Crippen LogP contribution in [0, 0.1) is 0 Å². The second-order valence-electron chi connectivity index (χ2n) is 7.33. The Bertz CT molecular complexity index is 396. The van der Waals surface area contributed by atoms with E-state index in [0.29, 0.717) is 32.5 Å². The van der Waals surface area contributed by atoms with Gasteiger partial charge in [0, 0.05) is 26.2 Å². The van der Waals surface area contributed by atoms with E-state index in [1.54, 1.807) is 4.90 Å². The predicted octanol–water partition coefficient (Wildman–Crippen LogP) is 0.391. The Labute approximate surface area is 120 Å². The van der Waals surface area contributed by atoms with E-state index in [4.69, 9.17) is 10.5 Å². The van der Waals surface area contributed by atoms with Gasteiger partial charge in [0.2, 0.25) is 0 Å². The van der Waals surface area contributed by atoms with E-state index < -0.39 is 16.7 Å². The Hall–Kier alpha value is -0.850. The molecule has 6 nitrogen and oxygen atoms in total. The zero-order valence-electron chi connectivity index (χ0n) is 13.0. The number of carbonyl (C=O) groups excluding carboxylic acids is 1. The lowest BCUT2D eigenvalue weighted by molar-refractivity contribution is -0.0232. The van der Waals surface area contributed by atoms with E-state index in [9.17, 15) is 9.90 Å². The summed E-state index contributed by atoms with van der Waals surface area (Å²) in [6, 6.07) is 0. The van der Waals surface area contributed by atoms with Gasteiger partial charge < -0.3 is 25.4 Å². The molecule has 2 aliphatic rings. The molecule has 2 saturated heterocycles. The zero-order chi connectivity index (χ0) is 15.2. The van der Waals surface area contributed by atoms with Crippen LogP contribution in [0.3, 0.4) is 0 Å². The van der Waals surface area contributed by atoms with Crippen LogP contribution in [0.1, 0.15) is 33.6 Å². The number of β-amino-alcohol motifs (C(OH)–C–C–N with tert-alkyl or cyclic N) is 1. The van der Waals surface area contributed by atoms with Crippen LogP contribution < -0.4 is 5.73 Å². The molecule has 0 saturated carbocycles. The molecule has 2 aliphatic heterocycles. The summed E-state index contributed by atoms with van der Waals surface area (Å²) < 4.78 is 5.37. The van der Waals surface area contributed by atoms with Crippen LogP contribution in [-0.2, 0) is 4.74 Å². The molecule has 0 aromatic rings. The fourth-order valence-electron chi connectivity index (χ4n) is 3.08. The Balaban J connectivity index is 2.02. The molecule has 6 heteroatoms. The summed E-state index contributed by atoms with van der Waals surface area (Å²) >= 11 is 0. The second kappa shape index (κ2) is 4.86. The third-order valence-electron chi connectivity index (χ3n) is 4.32. The fraction of sp³-hybridized carbons (Fsp3) is 0.929. The van der Waals surface area contributed by atoms with E-state index >= 15 is 0 Å². The van der Waals surface area contributed by atoms with Crippen molar-refractivity contribution in [2.45, 2.75) is 50.4 Å². The molecule has 1 amide bonds. The molecule has 20 heavy (non-hydrogen) atoms. The van der Waals surface area contributed by atoms with Crippen LogP contribution in [0.2, 0.25) is 0 Å². The average Bonchev–Trinajstić information content (AvgIpc) is 2.83. The highest BCUT2D eigenvalue weighted by atomic mass is 16.6. The highest BCUT2D eigenvalue weighted by molar-refractivity contribution is 5.68. The third kappa shape index (κ3) is 2.92. The molecule has 0 aromatic carbocycles. The quantitative estimate of drug-likeness (QED) is 0.728. The van der Waals surface area contributed by atoms with Gasteiger partial charge in [0.05, 0.1) is 11.1 Å². The molecule has 0 radical (unpaired) electrons. The third-order valence-corrected chi connectivity index (χ3v) is 4.32. The molecule has 2 heterocycles. The number of nitrogens with zero attached hydrogens (tertiary/aromatic N) is 2. The molecule has 0 spiro atoms. The van der Waals surface area contributed by atoms with Crippen molar-refractivity contribution in [3.63, 3.8) is 0 Å². The number of nitrogens with two attached hydrogens (primary N) is 1. The van der Waals surface area contributed by atoms with Gasteiger partial charge >= 0.3 is 6.09 Å². The Morgan fingerprint density at radius 1 is 1.25 bits per heavy atom. The molecule has 116 valence electrons. The van der Waals surface area contributed by atoms with Gasteiger partial charge in [-0.05, 0) is 40.7 Å². The van der Waals surface area contributed by atoms with Crippen molar-refractivity contribution in [1.82, 2.24) is 9.80 Å². The summed E-state index contributed by atoms with van der Waals surface area (Å²) in [6.45, 7) is 7.82. The Morgan fingerprint density at radius 3 is 2.40 bits per heavy atom. The normalized spacial score (nSPS) is 35.6. The first-order valence-corrected chi connectivity index (χ1v) is 7.22. The van der Waals surface area contributed by atoms with Crippen molar-refractivity contribution < 1.29 is 14.6 Å². The standard InChI is InChI=1S/C14H27N3O3/c1-12(2,3)20-11(18)17-8-5-13(15,9-17)14(19)6-7-16(4)10-14/h19H,5-10,15H2,1-4H3. The Morgan fingerprint density at radius 2 is 1.90 bits per heavy atom. The largest absolute Gasteiger partial charge is 0.444 e. The highest BCUT2D eigenvalue weighted by Crippen LogP contribution is 2.36. The lowest BCUT2D eigenvalue weighted by Gasteiger charge is -2.39. The maximum atomic E-state index is 12.1. The minimum Gasteiger partial charge on any atom is -0.444 e. The number of likely N-dealkylation sites (N-methyl/N-ethyl adjacent to an activating group) is 1. The van der Waals surface area contributed by atoms with E-state index in [-0.39, 0.29) is 6.09 Å². The molecule has 3 N–H and O–H groups in total. The van der Waals surface area contributed by atoms with Gasteiger partial charge in [-0.2, -0.15) is 0 Å². The first kappa shape index (κ1) is 15.5. The van der Waals surface area contributed by atoms with Crippen LogP contribution >= 0.6 is 0 Å². The van der Waals surface area contributed by atoms with Crippen LogP contribution in [-0.4, -0.2) is 71.0 Å².